The number of rotatable bonds is 9. The van der Waals surface area contributed by atoms with Crippen LogP contribution in [-0.4, -0.2) is 29.3 Å². The van der Waals surface area contributed by atoms with Gasteiger partial charge in [0, 0.05) is 19.0 Å². The van der Waals surface area contributed by atoms with Crippen LogP contribution in [0, 0.1) is 0 Å². The van der Waals surface area contributed by atoms with Gasteiger partial charge in [0.15, 0.2) is 0 Å². The molecule has 2 aromatic rings. The molecule has 1 atom stereocenters. The number of hydrogen-bond donors (Lipinski definition) is 4. The fraction of sp³-hybridized carbons (Fsp3) is 0.263. The Bertz CT molecular complexity index is 746. The molecule has 0 aliphatic carbocycles. The molecule has 2 aromatic carbocycles. The summed E-state index contributed by atoms with van der Waals surface area (Å²) in [5.41, 5.74) is 3.65. The summed E-state index contributed by atoms with van der Waals surface area (Å²) in [6.07, 6.45) is 0.618. The second-order valence-corrected chi connectivity index (χ2v) is 5.79. The number of carboxylic acids is 1. The van der Waals surface area contributed by atoms with Crippen LogP contribution in [0.3, 0.4) is 0 Å². The lowest BCUT2D eigenvalue weighted by Crippen LogP contribution is -2.25. The van der Waals surface area contributed by atoms with E-state index in [1.165, 1.54) is 0 Å². The second kappa shape index (κ2) is 9.55. The van der Waals surface area contributed by atoms with Crippen molar-refractivity contribution in [2.75, 3.05) is 7.11 Å². The van der Waals surface area contributed by atoms with Crippen LogP contribution in [0.5, 0.6) is 5.75 Å². The van der Waals surface area contributed by atoms with Crippen molar-refractivity contribution in [1.29, 1.82) is 0 Å². The normalized spacial score (nSPS) is 11.6. The van der Waals surface area contributed by atoms with Crippen LogP contribution in [-0.2, 0) is 11.3 Å². The van der Waals surface area contributed by atoms with Gasteiger partial charge in [-0.2, -0.15) is 0 Å². The van der Waals surface area contributed by atoms with Crippen molar-refractivity contribution in [3.05, 3.63) is 65.2 Å². The molecule has 26 heavy (non-hydrogen) atoms. The Hall–Kier alpha value is -2.90. The number of aromatic carboxylic acids is 1. The summed E-state index contributed by atoms with van der Waals surface area (Å²) >= 11 is 0. The lowest BCUT2D eigenvalue weighted by atomic mass is 10.0. The summed E-state index contributed by atoms with van der Waals surface area (Å²) in [5, 5.41) is 21.1. The average molecular weight is 358 g/mol. The molecule has 0 fully saturated rings. The van der Waals surface area contributed by atoms with E-state index in [9.17, 15) is 9.59 Å². The number of carboxylic acid groups (broad SMARTS) is 1. The minimum absolute atomic E-state index is 0.147. The Morgan fingerprint density at radius 2 is 1.88 bits per heavy atom. The van der Waals surface area contributed by atoms with E-state index >= 15 is 0 Å². The molecule has 0 aliphatic heterocycles. The van der Waals surface area contributed by atoms with Crippen molar-refractivity contribution in [3.8, 4) is 5.75 Å². The van der Waals surface area contributed by atoms with Crippen molar-refractivity contribution in [1.82, 2.24) is 10.8 Å². The molecule has 2 rings (SSSR count). The zero-order chi connectivity index (χ0) is 18.9. The van der Waals surface area contributed by atoms with E-state index < -0.39 is 11.9 Å². The summed E-state index contributed by atoms with van der Waals surface area (Å²) in [7, 11) is 1.59. The van der Waals surface area contributed by atoms with Crippen molar-refractivity contribution < 1.29 is 24.6 Å². The van der Waals surface area contributed by atoms with Crippen LogP contribution >= 0.6 is 0 Å². The first kappa shape index (κ1) is 19.4. The minimum atomic E-state index is -0.974. The fourth-order valence-electron chi connectivity index (χ4n) is 2.61. The van der Waals surface area contributed by atoms with Gasteiger partial charge in [-0.15, -0.1) is 0 Å². The van der Waals surface area contributed by atoms with Crippen LogP contribution in [0.25, 0.3) is 0 Å². The lowest BCUT2D eigenvalue weighted by molar-refractivity contribution is -0.129. The van der Waals surface area contributed by atoms with E-state index in [0.717, 1.165) is 16.9 Å². The predicted molar refractivity (Wildman–Crippen MR) is 95.1 cm³/mol. The topological polar surface area (TPSA) is 108 Å². The molecule has 4 N–H and O–H groups in total. The van der Waals surface area contributed by atoms with E-state index in [2.05, 4.69) is 5.32 Å². The maximum absolute atomic E-state index is 11.4. The predicted octanol–water partition coefficient (Wildman–Crippen LogP) is 2.51. The van der Waals surface area contributed by atoms with Gasteiger partial charge in [0.25, 0.3) is 0 Å². The number of methoxy groups -OCH3 is 1. The summed E-state index contributed by atoms with van der Waals surface area (Å²) in [6, 6.07) is 14.0. The van der Waals surface area contributed by atoms with Gasteiger partial charge in [-0.25, -0.2) is 10.3 Å². The average Bonchev–Trinajstić information content (AvgIpc) is 2.68. The van der Waals surface area contributed by atoms with Crippen LogP contribution in [0.2, 0.25) is 0 Å². The Balaban J connectivity index is 2.10. The van der Waals surface area contributed by atoms with Crippen LogP contribution < -0.4 is 15.5 Å². The molecule has 7 nitrogen and oxygen atoms in total. The Kier molecular flexibility index (Phi) is 7.13. The molecule has 0 bridgehead atoms. The number of carbonyl (C=O) groups is 2. The van der Waals surface area contributed by atoms with E-state index in [1.807, 2.05) is 30.3 Å². The summed E-state index contributed by atoms with van der Waals surface area (Å²) in [6.45, 7) is 0.443. The number of carbonyl (C=O) groups excluding carboxylic acids is 1. The first-order valence-electron chi connectivity index (χ1n) is 8.16. The van der Waals surface area contributed by atoms with Gasteiger partial charge in [-0.05, 0) is 41.8 Å². The van der Waals surface area contributed by atoms with Gasteiger partial charge in [0.05, 0.1) is 12.7 Å². The van der Waals surface area contributed by atoms with Crippen molar-refractivity contribution >= 4 is 11.9 Å². The van der Waals surface area contributed by atoms with E-state index in [4.69, 9.17) is 15.1 Å². The molecule has 0 aromatic heterocycles. The summed E-state index contributed by atoms with van der Waals surface area (Å²) in [4.78, 5) is 22.5. The van der Waals surface area contributed by atoms with Crippen LogP contribution in [0.4, 0.5) is 0 Å². The summed E-state index contributed by atoms with van der Waals surface area (Å²) in [5.74, 6) is -0.703. The zero-order valence-corrected chi connectivity index (χ0v) is 14.4. The first-order chi connectivity index (χ1) is 12.5. The number of hydrogen-bond acceptors (Lipinski definition) is 5. The monoisotopic (exact) mass is 358 g/mol. The highest BCUT2D eigenvalue weighted by Crippen LogP contribution is 2.22. The van der Waals surface area contributed by atoms with Gasteiger partial charge >= 0.3 is 5.97 Å². The van der Waals surface area contributed by atoms with Crippen molar-refractivity contribution in [2.24, 2.45) is 0 Å². The Morgan fingerprint density at radius 3 is 2.50 bits per heavy atom. The molecular weight excluding hydrogens is 336 g/mol. The number of hydroxylamine groups is 1. The standard InChI is InChI=1S/C19H22N2O5/c1-26-16-7-5-14(6-8-16)17(9-10-18(22)21-25)20-12-13-3-2-4-15(11-13)19(23)24/h2-8,11,17,20,25H,9-10,12H2,1H3,(H,21,22)(H,23,24). The third-order valence-electron chi connectivity index (χ3n) is 4.03. The van der Waals surface area contributed by atoms with Crippen molar-refractivity contribution in [3.63, 3.8) is 0 Å². The van der Waals surface area contributed by atoms with Crippen LogP contribution in [0.15, 0.2) is 48.5 Å². The molecule has 138 valence electrons. The Labute approximate surface area is 151 Å². The molecule has 0 saturated heterocycles. The first-order valence-corrected chi connectivity index (χ1v) is 8.16. The third kappa shape index (κ3) is 5.58. The minimum Gasteiger partial charge on any atom is -0.497 e. The third-order valence-corrected chi connectivity index (χ3v) is 4.03. The van der Waals surface area contributed by atoms with Crippen molar-refractivity contribution in [2.45, 2.75) is 25.4 Å². The highest BCUT2D eigenvalue weighted by Gasteiger charge is 2.14. The van der Waals surface area contributed by atoms with E-state index in [-0.39, 0.29) is 18.0 Å². The summed E-state index contributed by atoms with van der Waals surface area (Å²) < 4.78 is 5.16. The second-order valence-electron chi connectivity index (χ2n) is 5.79. The van der Waals surface area contributed by atoms with Gasteiger partial charge in [-0.3, -0.25) is 10.0 Å². The smallest absolute Gasteiger partial charge is 0.335 e. The number of amides is 1. The molecule has 0 heterocycles. The van der Waals surface area contributed by atoms with Gasteiger partial charge in [-0.1, -0.05) is 24.3 Å². The highest BCUT2D eigenvalue weighted by molar-refractivity contribution is 5.87. The SMILES string of the molecule is COc1ccc(C(CCC(=O)NO)NCc2cccc(C(=O)O)c2)cc1. The molecule has 1 amide bonds. The molecule has 0 aliphatic rings. The lowest BCUT2D eigenvalue weighted by Gasteiger charge is -2.19. The van der Waals surface area contributed by atoms with Gasteiger partial charge in [0.1, 0.15) is 5.75 Å². The van der Waals surface area contributed by atoms with Gasteiger partial charge < -0.3 is 15.2 Å². The molecule has 0 spiro atoms. The van der Waals surface area contributed by atoms with E-state index in [1.54, 1.807) is 30.8 Å². The van der Waals surface area contributed by atoms with Crippen LogP contribution in [0.1, 0.15) is 40.4 Å². The number of benzene rings is 2. The van der Waals surface area contributed by atoms with Gasteiger partial charge in [0.2, 0.25) is 5.91 Å². The maximum Gasteiger partial charge on any atom is 0.335 e. The molecule has 7 heteroatoms. The Morgan fingerprint density at radius 1 is 1.15 bits per heavy atom. The molecule has 0 saturated carbocycles. The quantitative estimate of drug-likeness (QED) is 0.405. The number of nitrogens with one attached hydrogen (secondary N) is 2. The molecular formula is C19H22N2O5. The number of ether oxygens (including phenoxy) is 1. The zero-order valence-electron chi connectivity index (χ0n) is 14.4. The maximum atomic E-state index is 11.4. The molecule has 0 radical (unpaired) electrons. The fourth-order valence-corrected chi connectivity index (χ4v) is 2.61. The molecule has 1 unspecified atom stereocenters. The highest BCUT2D eigenvalue weighted by atomic mass is 16.5. The van der Waals surface area contributed by atoms with E-state index in [0.29, 0.717) is 13.0 Å². The largest absolute Gasteiger partial charge is 0.497 e.